The number of fused-ring (bicyclic) bond motifs is 1. The minimum atomic E-state index is -0.557. The van der Waals surface area contributed by atoms with Crippen LogP contribution in [0.1, 0.15) is 21.5 Å². The summed E-state index contributed by atoms with van der Waals surface area (Å²) in [5.74, 6) is -0.586. The van der Waals surface area contributed by atoms with Crippen LogP contribution in [0, 0.1) is 19.7 Å². The molecule has 1 aromatic heterocycles. The molecule has 27 heavy (non-hydrogen) atoms. The highest BCUT2D eigenvalue weighted by Gasteiger charge is 2.14. The van der Waals surface area contributed by atoms with Crippen molar-refractivity contribution < 1.29 is 13.6 Å². The summed E-state index contributed by atoms with van der Waals surface area (Å²) in [5, 5.41) is 2.77. The molecule has 0 spiro atoms. The van der Waals surface area contributed by atoms with Crippen LogP contribution in [0.25, 0.3) is 22.6 Å². The van der Waals surface area contributed by atoms with Gasteiger partial charge in [0.15, 0.2) is 5.58 Å². The van der Waals surface area contributed by atoms with Gasteiger partial charge in [0, 0.05) is 11.3 Å². The second-order valence-electron chi connectivity index (χ2n) is 6.45. The van der Waals surface area contributed by atoms with Gasteiger partial charge in [-0.1, -0.05) is 24.3 Å². The van der Waals surface area contributed by atoms with Crippen molar-refractivity contribution >= 4 is 22.7 Å². The summed E-state index contributed by atoms with van der Waals surface area (Å²) < 4.78 is 19.7. The van der Waals surface area contributed by atoms with Crippen molar-refractivity contribution in [2.45, 2.75) is 13.8 Å². The Labute approximate surface area is 155 Å². The molecule has 0 saturated carbocycles. The number of benzene rings is 3. The Balaban J connectivity index is 1.68. The van der Waals surface area contributed by atoms with Crippen LogP contribution in [0.15, 0.2) is 65.1 Å². The van der Waals surface area contributed by atoms with Gasteiger partial charge in [0.05, 0.1) is 5.56 Å². The van der Waals surface area contributed by atoms with E-state index in [-0.39, 0.29) is 5.56 Å². The summed E-state index contributed by atoms with van der Waals surface area (Å²) in [6.07, 6.45) is 0. The Bertz CT molecular complexity index is 1160. The van der Waals surface area contributed by atoms with Crippen molar-refractivity contribution in [1.82, 2.24) is 4.98 Å². The van der Waals surface area contributed by atoms with E-state index in [1.54, 1.807) is 18.2 Å². The Morgan fingerprint density at radius 2 is 1.85 bits per heavy atom. The highest BCUT2D eigenvalue weighted by molar-refractivity contribution is 6.05. The number of aromatic nitrogens is 1. The van der Waals surface area contributed by atoms with Crippen LogP contribution in [-0.4, -0.2) is 10.9 Å². The second-order valence-corrected chi connectivity index (χ2v) is 6.45. The molecule has 4 rings (SSSR count). The van der Waals surface area contributed by atoms with Crippen LogP contribution in [0.5, 0.6) is 0 Å². The van der Waals surface area contributed by atoms with Gasteiger partial charge in [-0.25, -0.2) is 9.37 Å². The lowest BCUT2D eigenvalue weighted by molar-refractivity contribution is 0.102. The van der Waals surface area contributed by atoms with Crippen LogP contribution in [0.2, 0.25) is 0 Å². The van der Waals surface area contributed by atoms with Gasteiger partial charge in [0.1, 0.15) is 11.3 Å². The molecule has 4 aromatic rings. The van der Waals surface area contributed by atoms with Crippen LogP contribution >= 0.6 is 0 Å². The maximum atomic E-state index is 13.9. The third-order valence-electron chi connectivity index (χ3n) is 4.39. The number of carbonyl (C=O) groups is 1. The van der Waals surface area contributed by atoms with Gasteiger partial charge in [0.25, 0.3) is 5.91 Å². The van der Waals surface area contributed by atoms with Crippen molar-refractivity contribution in [3.63, 3.8) is 0 Å². The predicted molar refractivity (Wildman–Crippen MR) is 103 cm³/mol. The van der Waals surface area contributed by atoms with E-state index in [1.807, 2.05) is 44.2 Å². The summed E-state index contributed by atoms with van der Waals surface area (Å²) >= 11 is 0. The molecule has 134 valence electrons. The number of rotatable bonds is 3. The smallest absolute Gasteiger partial charge is 0.258 e. The van der Waals surface area contributed by atoms with Crippen molar-refractivity contribution in [3.05, 3.63) is 83.2 Å². The van der Waals surface area contributed by atoms with Gasteiger partial charge in [-0.05, 0) is 61.4 Å². The van der Waals surface area contributed by atoms with Gasteiger partial charge in [0.2, 0.25) is 5.89 Å². The summed E-state index contributed by atoms with van der Waals surface area (Å²) in [6, 6.07) is 17.2. The van der Waals surface area contributed by atoms with Crippen molar-refractivity contribution in [2.75, 3.05) is 5.32 Å². The fourth-order valence-corrected chi connectivity index (χ4v) is 2.89. The Kier molecular flexibility index (Phi) is 4.20. The topological polar surface area (TPSA) is 55.1 Å². The van der Waals surface area contributed by atoms with Crippen molar-refractivity contribution in [1.29, 1.82) is 0 Å². The molecule has 5 heteroatoms. The number of halogens is 1. The number of nitrogens with zero attached hydrogens (tertiary/aromatic N) is 1. The molecule has 0 bridgehead atoms. The standard InChI is InChI=1S/C22H17FN2O2/c1-13-7-10-20-19(11-13)25-22(27-20)15-9-8-14(2)18(12-15)24-21(26)16-5-3-4-6-17(16)23/h3-12H,1-2H3,(H,24,26). The second kappa shape index (κ2) is 6.68. The minimum absolute atomic E-state index is 0.000333. The van der Waals surface area contributed by atoms with Gasteiger partial charge >= 0.3 is 0 Å². The summed E-state index contributed by atoms with van der Waals surface area (Å²) in [4.78, 5) is 16.9. The molecule has 0 aliphatic heterocycles. The van der Waals surface area contributed by atoms with E-state index in [4.69, 9.17) is 4.42 Å². The average Bonchev–Trinajstić information content (AvgIpc) is 3.07. The van der Waals surface area contributed by atoms with E-state index < -0.39 is 11.7 Å². The molecule has 0 radical (unpaired) electrons. The zero-order valence-corrected chi connectivity index (χ0v) is 14.9. The quantitative estimate of drug-likeness (QED) is 0.525. The molecule has 0 aliphatic carbocycles. The lowest BCUT2D eigenvalue weighted by atomic mass is 10.1. The molecule has 1 heterocycles. The maximum absolute atomic E-state index is 13.9. The van der Waals surface area contributed by atoms with E-state index in [1.165, 1.54) is 12.1 Å². The predicted octanol–water partition coefficient (Wildman–Crippen LogP) is 5.50. The van der Waals surface area contributed by atoms with Crippen LogP contribution in [0.3, 0.4) is 0 Å². The number of carbonyl (C=O) groups excluding carboxylic acids is 1. The third-order valence-corrected chi connectivity index (χ3v) is 4.39. The zero-order valence-electron chi connectivity index (χ0n) is 14.9. The van der Waals surface area contributed by atoms with Gasteiger partial charge < -0.3 is 9.73 Å². The van der Waals surface area contributed by atoms with E-state index >= 15 is 0 Å². The molecule has 1 N–H and O–H groups in total. The zero-order chi connectivity index (χ0) is 19.0. The Hall–Kier alpha value is -3.47. The highest BCUT2D eigenvalue weighted by Crippen LogP contribution is 2.28. The third kappa shape index (κ3) is 3.31. The number of aryl methyl sites for hydroxylation is 2. The van der Waals surface area contributed by atoms with Crippen LogP contribution in [-0.2, 0) is 0 Å². The van der Waals surface area contributed by atoms with E-state index in [2.05, 4.69) is 10.3 Å². The van der Waals surface area contributed by atoms with E-state index in [0.29, 0.717) is 17.2 Å². The molecule has 0 saturated heterocycles. The lowest BCUT2D eigenvalue weighted by Crippen LogP contribution is -2.14. The first-order chi connectivity index (χ1) is 13.0. The Morgan fingerprint density at radius 3 is 2.67 bits per heavy atom. The van der Waals surface area contributed by atoms with Crippen molar-refractivity contribution in [3.8, 4) is 11.5 Å². The number of nitrogens with one attached hydrogen (secondary N) is 1. The van der Waals surface area contributed by atoms with E-state index in [9.17, 15) is 9.18 Å². The van der Waals surface area contributed by atoms with Crippen LogP contribution in [0.4, 0.5) is 10.1 Å². The normalized spacial score (nSPS) is 10.9. The van der Waals surface area contributed by atoms with Gasteiger partial charge in [-0.3, -0.25) is 4.79 Å². The summed E-state index contributed by atoms with van der Waals surface area (Å²) in [6.45, 7) is 3.87. The first-order valence-electron chi connectivity index (χ1n) is 8.55. The molecule has 0 fully saturated rings. The number of anilines is 1. The molecule has 1 amide bonds. The minimum Gasteiger partial charge on any atom is -0.436 e. The Morgan fingerprint density at radius 1 is 1.04 bits per heavy atom. The molecule has 3 aromatic carbocycles. The van der Waals surface area contributed by atoms with E-state index in [0.717, 1.165) is 22.2 Å². The average molecular weight is 360 g/mol. The monoisotopic (exact) mass is 360 g/mol. The SMILES string of the molecule is Cc1ccc2oc(-c3ccc(C)c(NC(=O)c4ccccc4F)c3)nc2c1. The number of oxazole rings is 1. The molecular weight excluding hydrogens is 343 g/mol. The summed E-state index contributed by atoms with van der Waals surface area (Å²) in [5.41, 5.74) is 4.76. The van der Waals surface area contributed by atoms with Gasteiger partial charge in [-0.15, -0.1) is 0 Å². The van der Waals surface area contributed by atoms with Gasteiger partial charge in [-0.2, -0.15) is 0 Å². The number of amides is 1. The largest absolute Gasteiger partial charge is 0.436 e. The first kappa shape index (κ1) is 17.0. The molecule has 0 aliphatic rings. The number of hydrogen-bond donors (Lipinski definition) is 1. The first-order valence-corrected chi connectivity index (χ1v) is 8.55. The molecular formula is C22H17FN2O2. The van der Waals surface area contributed by atoms with Crippen LogP contribution < -0.4 is 5.32 Å². The molecule has 0 atom stereocenters. The fourth-order valence-electron chi connectivity index (χ4n) is 2.89. The molecule has 0 unspecified atom stereocenters. The summed E-state index contributed by atoms with van der Waals surface area (Å²) in [7, 11) is 0. The van der Waals surface area contributed by atoms with Crippen molar-refractivity contribution in [2.24, 2.45) is 0 Å². The maximum Gasteiger partial charge on any atom is 0.258 e. The number of hydrogen-bond acceptors (Lipinski definition) is 3. The lowest BCUT2D eigenvalue weighted by Gasteiger charge is -2.10. The molecule has 4 nitrogen and oxygen atoms in total. The fraction of sp³-hybridized carbons (Fsp3) is 0.0909. The highest BCUT2D eigenvalue weighted by atomic mass is 19.1.